The summed E-state index contributed by atoms with van der Waals surface area (Å²) in [5, 5.41) is 4.68. The van der Waals surface area contributed by atoms with Crippen molar-refractivity contribution >= 4 is 11.8 Å². The molecule has 1 aliphatic rings. The standard InChI is InChI=1S/C10H15NOS/c1-7-3-5-11-10(13-7)9-4-6-12-8(9)2/h4,6-7,10-11H,3,5H2,1-2H3. The van der Waals surface area contributed by atoms with Crippen molar-refractivity contribution in [1.82, 2.24) is 5.32 Å². The Kier molecular flexibility index (Phi) is 2.65. The van der Waals surface area contributed by atoms with Gasteiger partial charge in [-0.05, 0) is 26.0 Å². The molecule has 1 fully saturated rings. The molecule has 0 aliphatic carbocycles. The lowest BCUT2D eigenvalue weighted by atomic mass is 10.2. The van der Waals surface area contributed by atoms with Gasteiger partial charge in [0.05, 0.1) is 11.6 Å². The first-order valence-corrected chi connectivity index (χ1v) is 5.64. The molecule has 1 N–H and O–H groups in total. The zero-order valence-electron chi connectivity index (χ0n) is 8.04. The molecule has 0 aromatic carbocycles. The van der Waals surface area contributed by atoms with E-state index in [1.54, 1.807) is 6.26 Å². The third kappa shape index (κ3) is 1.92. The van der Waals surface area contributed by atoms with Gasteiger partial charge in [0, 0.05) is 10.8 Å². The number of aryl methyl sites for hydroxylation is 1. The summed E-state index contributed by atoms with van der Waals surface area (Å²) in [6.45, 7) is 5.42. The predicted octanol–water partition coefficient (Wildman–Crippen LogP) is 2.70. The van der Waals surface area contributed by atoms with Gasteiger partial charge in [0.2, 0.25) is 0 Å². The van der Waals surface area contributed by atoms with Crippen molar-refractivity contribution in [3.8, 4) is 0 Å². The summed E-state index contributed by atoms with van der Waals surface area (Å²) in [5.41, 5.74) is 1.30. The molecule has 1 saturated heterocycles. The van der Waals surface area contributed by atoms with E-state index in [1.807, 2.05) is 18.7 Å². The Balaban J connectivity index is 2.12. The maximum absolute atomic E-state index is 5.30. The van der Waals surface area contributed by atoms with Crippen LogP contribution in [0.4, 0.5) is 0 Å². The quantitative estimate of drug-likeness (QED) is 0.749. The highest BCUT2D eigenvalue weighted by Gasteiger charge is 2.22. The van der Waals surface area contributed by atoms with E-state index in [9.17, 15) is 0 Å². The first-order valence-electron chi connectivity index (χ1n) is 4.70. The molecule has 0 saturated carbocycles. The highest BCUT2D eigenvalue weighted by atomic mass is 32.2. The summed E-state index contributed by atoms with van der Waals surface area (Å²) < 4.78 is 5.30. The summed E-state index contributed by atoms with van der Waals surface area (Å²) in [4.78, 5) is 0. The smallest absolute Gasteiger partial charge is 0.106 e. The van der Waals surface area contributed by atoms with Gasteiger partial charge in [0.1, 0.15) is 5.76 Å². The number of hydrogen-bond acceptors (Lipinski definition) is 3. The molecular weight excluding hydrogens is 182 g/mol. The van der Waals surface area contributed by atoms with Gasteiger partial charge >= 0.3 is 0 Å². The number of hydrogen-bond donors (Lipinski definition) is 1. The van der Waals surface area contributed by atoms with Crippen LogP contribution in [0.3, 0.4) is 0 Å². The molecule has 72 valence electrons. The maximum atomic E-state index is 5.30. The van der Waals surface area contributed by atoms with Crippen LogP contribution in [0, 0.1) is 6.92 Å². The number of nitrogens with one attached hydrogen (secondary N) is 1. The topological polar surface area (TPSA) is 25.2 Å². The Labute approximate surface area is 83.1 Å². The number of furan rings is 1. The molecule has 1 aromatic heterocycles. The lowest BCUT2D eigenvalue weighted by Gasteiger charge is -2.27. The summed E-state index contributed by atoms with van der Waals surface area (Å²) in [5.74, 6) is 1.04. The van der Waals surface area contributed by atoms with Crippen molar-refractivity contribution < 1.29 is 4.42 Å². The second kappa shape index (κ2) is 3.76. The molecule has 0 bridgehead atoms. The third-order valence-corrected chi connectivity index (χ3v) is 3.82. The van der Waals surface area contributed by atoms with Gasteiger partial charge in [-0.25, -0.2) is 0 Å². The highest BCUT2D eigenvalue weighted by Crippen LogP contribution is 2.35. The van der Waals surface area contributed by atoms with E-state index in [4.69, 9.17) is 4.42 Å². The van der Waals surface area contributed by atoms with Crippen LogP contribution in [0.1, 0.15) is 30.0 Å². The Hall–Kier alpha value is -0.410. The van der Waals surface area contributed by atoms with Gasteiger partial charge in [-0.2, -0.15) is 0 Å². The van der Waals surface area contributed by atoms with Crippen LogP contribution < -0.4 is 5.32 Å². The molecule has 1 aromatic rings. The third-order valence-electron chi connectivity index (χ3n) is 2.43. The second-order valence-electron chi connectivity index (χ2n) is 3.50. The molecule has 13 heavy (non-hydrogen) atoms. The summed E-state index contributed by atoms with van der Waals surface area (Å²) in [6, 6.07) is 2.07. The average Bonchev–Trinajstić information content (AvgIpc) is 2.51. The monoisotopic (exact) mass is 197 g/mol. The van der Waals surface area contributed by atoms with Crippen molar-refractivity contribution in [2.75, 3.05) is 6.54 Å². The zero-order chi connectivity index (χ0) is 9.26. The predicted molar refractivity (Wildman–Crippen MR) is 55.9 cm³/mol. The fourth-order valence-corrected chi connectivity index (χ4v) is 2.94. The Morgan fingerprint density at radius 1 is 1.62 bits per heavy atom. The molecule has 0 radical (unpaired) electrons. The summed E-state index contributed by atoms with van der Waals surface area (Å²) in [7, 11) is 0. The average molecular weight is 197 g/mol. The fraction of sp³-hybridized carbons (Fsp3) is 0.600. The van der Waals surface area contributed by atoms with Gasteiger partial charge < -0.3 is 9.73 Å². The fourth-order valence-electron chi connectivity index (χ4n) is 1.62. The maximum Gasteiger partial charge on any atom is 0.106 e. The molecule has 2 unspecified atom stereocenters. The lowest BCUT2D eigenvalue weighted by Crippen LogP contribution is -2.28. The van der Waals surface area contributed by atoms with E-state index in [0.29, 0.717) is 5.37 Å². The minimum atomic E-state index is 0.433. The molecule has 0 spiro atoms. The van der Waals surface area contributed by atoms with Gasteiger partial charge in [0.25, 0.3) is 0 Å². The van der Waals surface area contributed by atoms with Crippen LogP contribution in [-0.4, -0.2) is 11.8 Å². The van der Waals surface area contributed by atoms with Crippen molar-refractivity contribution in [3.63, 3.8) is 0 Å². The van der Waals surface area contributed by atoms with Gasteiger partial charge in [-0.3, -0.25) is 0 Å². The summed E-state index contributed by atoms with van der Waals surface area (Å²) >= 11 is 1.99. The van der Waals surface area contributed by atoms with E-state index in [-0.39, 0.29) is 0 Å². The largest absolute Gasteiger partial charge is 0.469 e. The van der Waals surface area contributed by atoms with Crippen LogP contribution in [0.25, 0.3) is 0 Å². The minimum absolute atomic E-state index is 0.433. The Bertz CT molecular complexity index is 284. The molecule has 2 heterocycles. The first kappa shape index (κ1) is 9.16. The van der Waals surface area contributed by atoms with Crippen molar-refractivity contribution in [3.05, 3.63) is 23.7 Å². The van der Waals surface area contributed by atoms with Crippen LogP contribution >= 0.6 is 11.8 Å². The van der Waals surface area contributed by atoms with Crippen molar-refractivity contribution in [1.29, 1.82) is 0 Å². The SMILES string of the molecule is Cc1occc1C1NCCC(C)S1. The molecule has 2 nitrogen and oxygen atoms in total. The number of thioether (sulfide) groups is 1. The Morgan fingerprint density at radius 2 is 2.46 bits per heavy atom. The Morgan fingerprint density at radius 3 is 3.08 bits per heavy atom. The molecule has 1 aliphatic heterocycles. The van der Waals surface area contributed by atoms with Crippen LogP contribution in [0.5, 0.6) is 0 Å². The minimum Gasteiger partial charge on any atom is -0.469 e. The van der Waals surface area contributed by atoms with Crippen molar-refractivity contribution in [2.24, 2.45) is 0 Å². The first-order chi connectivity index (χ1) is 6.27. The van der Waals surface area contributed by atoms with Crippen LogP contribution in [0.15, 0.2) is 16.7 Å². The lowest BCUT2D eigenvalue weighted by molar-refractivity contribution is 0.522. The molecular formula is C10H15NOS. The van der Waals surface area contributed by atoms with E-state index in [1.165, 1.54) is 12.0 Å². The normalized spacial score (nSPS) is 29.1. The van der Waals surface area contributed by atoms with Crippen LogP contribution in [0.2, 0.25) is 0 Å². The van der Waals surface area contributed by atoms with E-state index < -0.39 is 0 Å². The van der Waals surface area contributed by atoms with Gasteiger partial charge in [-0.15, -0.1) is 11.8 Å². The molecule has 0 amide bonds. The molecule has 2 rings (SSSR count). The van der Waals surface area contributed by atoms with E-state index >= 15 is 0 Å². The zero-order valence-corrected chi connectivity index (χ0v) is 8.86. The highest BCUT2D eigenvalue weighted by molar-refractivity contribution is 8.00. The molecule has 2 atom stereocenters. The van der Waals surface area contributed by atoms with Crippen LogP contribution in [-0.2, 0) is 0 Å². The second-order valence-corrected chi connectivity index (χ2v) is 5.05. The summed E-state index contributed by atoms with van der Waals surface area (Å²) in [6.07, 6.45) is 3.03. The number of rotatable bonds is 1. The van der Waals surface area contributed by atoms with Crippen molar-refractivity contribution in [2.45, 2.75) is 30.9 Å². The van der Waals surface area contributed by atoms with E-state index in [0.717, 1.165) is 17.6 Å². The van der Waals surface area contributed by atoms with E-state index in [2.05, 4.69) is 18.3 Å². The van der Waals surface area contributed by atoms with Gasteiger partial charge in [-0.1, -0.05) is 6.92 Å². The van der Waals surface area contributed by atoms with Gasteiger partial charge in [0.15, 0.2) is 0 Å². The molecule has 3 heteroatoms.